The Hall–Kier alpha value is -2.44. The van der Waals surface area contributed by atoms with Crippen molar-refractivity contribution in [2.24, 2.45) is 0 Å². The van der Waals surface area contributed by atoms with E-state index in [1.54, 1.807) is 30.1 Å². The van der Waals surface area contributed by atoms with E-state index < -0.39 is 0 Å². The van der Waals surface area contributed by atoms with Gasteiger partial charge in [-0.3, -0.25) is 0 Å². The lowest BCUT2D eigenvalue weighted by Crippen LogP contribution is -2.16. The number of nitrogens with one attached hydrogen (secondary N) is 2. The van der Waals surface area contributed by atoms with E-state index in [9.17, 15) is 4.39 Å². The van der Waals surface area contributed by atoms with Crippen LogP contribution in [0, 0.1) is 5.82 Å². The molecule has 1 aromatic heterocycles. The number of anilines is 3. The quantitative estimate of drug-likeness (QED) is 0.867. The summed E-state index contributed by atoms with van der Waals surface area (Å²) in [6.07, 6.45) is 0. The van der Waals surface area contributed by atoms with Crippen LogP contribution in [0.2, 0.25) is 0 Å². The van der Waals surface area contributed by atoms with Crippen molar-refractivity contribution in [1.82, 2.24) is 15.0 Å². The molecule has 2 N–H and O–H groups in total. The van der Waals surface area contributed by atoms with E-state index in [2.05, 4.69) is 25.6 Å². The predicted molar refractivity (Wildman–Crippen MR) is 77.4 cm³/mol. The van der Waals surface area contributed by atoms with E-state index in [4.69, 9.17) is 0 Å². The van der Waals surface area contributed by atoms with Crippen LogP contribution in [0.25, 0.3) is 0 Å². The third-order valence-corrected chi connectivity index (χ3v) is 2.64. The Kier molecular flexibility index (Phi) is 4.29. The van der Waals surface area contributed by atoms with Crippen LogP contribution in [0.15, 0.2) is 24.3 Å². The summed E-state index contributed by atoms with van der Waals surface area (Å²) in [7, 11) is 5.42. The van der Waals surface area contributed by atoms with Crippen molar-refractivity contribution in [2.45, 2.75) is 6.54 Å². The minimum atomic E-state index is -0.254. The van der Waals surface area contributed by atoms with Crippen molar-refractivity contribution >= 4 is 17.8 Å². The fourth-order valence-electron chi connectivity index (χ4n) is 1.57. The van der Waals surface area contributed by atoms with Crippen molar-refractivity contribution in [3.05, 3.63) is 35.6 Å². The minimum absolute atomic E-state index is 0.254. The van der Waals surface area contributed by atoms with Gasteiger partial charge in [-0.15, -0.1) is 0 Å². The maximum Gasteiger partial charge on any atom is 0.231 e. The van der Waals surface area contributed by atoms with Crippen molar-refractivity contribution < 1.29 is 4.39 Å². The van der Waals surface area contributed by atoms with Crippen molar-refractivity contribution in [3.8, 4) is 0 Å². The molecule has 0 amide bonds. The summed E-state index contributed by atoms with van der Waals surface area (Å²) in [5.74, 6) is 1.13. The second-order valence-corrected chi connectivity index (χ2v) is 4.37. The van der Waals surface area contributed by atoms with E-state index >= 15 is 0 Å². The van der Waals surface area contributed by atoms with Crippen LogP contribution in [-0.2, 0) is 6.54 Å². The van der Waals surface area contributed by atoms with E-state index in [1.165, 1.54) is 6.07 Å². The SMILES string of the molecule is CNc1nc(NCc2ccccc2F)nc(N(C)C)n1. The standard InChI is InChI=1S/C13H17FN6/c1-15-11-17-12(19-13(18-11)20(2)3)16-8-9-6-4-5-7-10(9)14/h4-7H,8H2,1-3H3,(H2,15,16,17,18,19). The molecule has 0 saturated heterocycles. The van der Waals surface area contributed by atoms with Crippen LogP contribution >= 0.6 is 0 Å². The molecule has 1 heterocycles. The molecule has 1 aromatic carbocycles. The van der Waals surface area contributed by atoms with Crippen LogP contribution in [0.4, 0.5) is 22.2 Å². The summed E-state index contributed by atoms with van der Waals surface area (Å²) in [6, 6.07) is 6.59. The molecule has 7 heteroatoms. The van der Waals surface area contributed by atoms with Gasteiger partial charge in [0.2, 0.25) is 17.8 Å². The van der Waals surface area contributed by atoms with Gasteiger partial charge in [-0.05, 0) is 6.07 Å². The molecule has 0 aliphatic carbocycles. The van der Waals surface area contributed by atoms with E-state index in [0.29, 0.717) is 30.0 Å². The lowest BCUT2D eigenvalue weighted by Gasteiger charge is -2.13. The fourth-order valence-corrected chi connectivity index (χ4v) is 1.57. The Morgan fingerprint density at radius 2 is 1.80 bits per heavy atom. The molecule has 0 atom stereocenters. The number of aromatic nitrogens is 3. The highest BCUT2D eigenvalue weighted by molar-refractivity contribution is 5.43. The Morgan fingerprint density at radius 1 is 1.10 bits per heavy atom. The minimum Gasteiger partial charge on any atom is -0.357 e. The molecule has 20 heavy (non-hydrogen) atoms. The molecular weight excluding hydrogens is 259 g/mol. The second-order valence-electron chi connectivity index (χ2n) is 4.37. The number of halogens is 1. The molecule has 0 bridgehead atoms. The molecule has 6 nitrogen and oxygen atoms in total. The molecule has 2 rings (SSSR count). The van der Waals surface area contributed by atoms with Gasteiger partial charge in [0, 0.05) is 33.3 Å². The highest BCUT2D eigenvalue weighted by atomic mass is 19.1. The van der Waals surface area contributed by atoms with Gasteiger partial charge in [0.15, 0.2) is 0 Å². The van der Waals surface area contributed by atoms with Crippen molar-refractivity contribution in [3.63, 3.8) is 0 Å². The zero-order valence-corrected chi connectivity index (χ0v) is 11.7. The summed E-state index contributed by atoms with van der Waals surface area (Å²) in [6.45, 7) is 0.312. The van der Waals surface area contributed by atoms with Gasteiger partial charge in [0.1, 0.15) is 5.82 Å². The summed E-state index contributed by atoms with van der Waals surface area (Å²) in [5.41, 5.74) is 0.560. The highest BCUT2D eigenvalue weighted by Gasteiger charge is 2.08. The molecule has 0 aliphatic heterocycles. The Bertz CT molecular complexity index is 587. The molecule has 2 aromatic rings. The molecule has 0 fully saturated rings. The first-order chi connectivity index (χ1) is 9.60. The second kappa shape index (κ2) is 6.14. The number of rotatable bonds is 5. The normalized spacial score (nSPS) is 10.2. The molecule has 106 valence electrons. The van der Waals surface area contributed by atoms with E-state index in [1.807, 2.05) is 14.1 Å². The number of nitrogens with zero attached hydrogens (tertiary/aromatic N) is 4. The number of hydrogen-bond acceptors (Lipinski definition) is 6. The van der Waals surface area contributed by atoms with Gasteiger partial charge < -0.3 is 15.5 Å². The zero-order chi connectivity index (χ0) is 14.5. The van der Waals surface area contributed by atoms with Gasteiger partial charge in [0.05, 0.1) is 0 Å². The first-order valence-electron chi connectivity index (χ1n) is 6.18. The number of benzene rings is 1. The van der Waals surface area contributed by atoms with Crippen LogP contribution in [-0.4, -0.2) is 36.1 Å². The predicted octanol–water partition coefficient (Wildman–Crippen LogP) is 1.73. The highest BCUT2D eigenvalue weighted by Crippen LogP contribution is 2.13. The molecule has 0 saturated carbocycles. The molecular formula is C13H17FN6. The van der Waals surface area contributed by atoms with Gasteiger partial charge in [-0.25, -0.2) is 4.39 Å². The van der Waals surface area contributed by atoms with Crippen molar-refractivity contribution in [2.75, 3.05) is 36.7 Å². The monoisotopic (exact) mass is 276 g/mol. The summed E-state index contributed by atoms with van der Waals surface area (Å²) in [5, 5.41) is 5.87. The summed E-state index contributed by atoms with van der Waals surface area (Å²) in [4.78, 5) is 14.4. The maximum atomic E-state index is 13.5. The van der Waals surface area contributed by atoms with Crippen LogP contribution in [0.3, 0.4) is 0 Å². The molecule has 0 radical (unpaired) electrons. The Labute approximate surface area is 117 Å². The topological polar surface area (TPSA) is 66.0 Å². The smallest absolute Gasteiger partial charge is 0.231 e. The average molecular weight is 276 g/mol. The summed E-state index contributed by atoms with van der Waals surface area (Å²) >= 11 is 0. The maximum absolute atomic E-state index is 13.5. The lowest BCUT2D eigenvalue weighted by atomic mass is 10.2. The molecule has 0 spiro atoms. The van der Waals surface area contributed by atoms with E-state index in [0.717, 1.165) is 0 Å². The van der Waals surface area contributed by atoms with Crippen LogP contribution in [0.5, 0.6) is 0 Å². The van der Waals surface area contributed by atoms with Gasteiger partial charge in [-0.1, -0.05) is 18.2 Å². The van der Waals surface area contributed by atoms with Crippen LogP contribution < -0.4 is 15.5 Å². The van der Waals surface area contributed by atoms with Crippen LogP contribution in [0.1, 0.15) is 5.56 Å². The lowest BCUT2D eigenvalue weighted by molar-refractivity contribution is 0.612. The Balaban J connectivity index is 2.17. The summed E-state index contributed by atoms with van der Waals surface area (Å²) < 4.78 is 13.5. The fraction of sp³-hybridized carbons (Fsp3) is 0.308. The van der Waals surface area contributed by atoms with Gasteiger partial charge >= 0.3 is 0 Å². The third-order valence-electron chi connectivity index (χ3n) is 2.64. The third kappa shape index (κ3) is 3.31. The first-order valence-corrected chi connectivity index (χ1v) is 6.18. The van der Waals surface area contributed by atoms with E-state index in [-0.39, 0.29) is 5.82 Å². The zero-order valence-electron chi connectivity index (χ0n) is 11.7. The van der Waals surface area contributed by atoms with Crippen molar-refractivity contribution in [1.29, 1.82) is 0 Å². The van der Waals surface area contributed by atoms with Gasteiger partial charge in [-0.2, -0.15) is 15.0 Å². The first kappa shape index (κ1) is 14.0. The Morgan fingerprint density at radius 3 is 2.45 bits per heavy atom. The molecule has 0 unspecified atom stereocenters. The van der Waals surface area contributed by atoms with Gasteiger partial charge in [0.25, 0.3) is 0 Å². The number of hydrogen-bond donors (Lipinski definition) is 2. The average Bonchev–Trinajstić information content (AvgIpc) is 2.46. The largest absolute Gasteiger partial charge is 0.357 e. The molecule has 0 aliphatic rings.